The van der Waals surface area contributed by atoms with E-state index in [-0.39, 0.29) is 11.3 Å². The molecule has 1 aromatic rings. The summed E-state index contributed by atoms with van der Waals surface area (Å²) >= 11 is 6.29. The second-order valence-corrected chi connectivity index (χ2v) is 7.06. The Morgan fingerprint density at radius 2 is 2.11 bits per heavy atom. The minimum Gasteiger partial charge on any atom is -0.480 e. The van der Waals surface area contributed by atoms with Gasteiger partial charge in [-0.3, -0.25) is 4.79 Å². The average Bonchev–Trinajstić information content (AvgIpc) is 2.31. The van der Waals surface area contributed by atoms with Crippen LogP contribution in [-0.2, 0) is 14.8 Å². The van der Waals surface area contributed by atoms with Crippen LogP contribution in [0.15, 0.2) is 44.7 Å². The molecule has 0 amide bonds. The molecule has 0 fully saturated rings. The summed E-state index contributed by atoms with van der Waals surface area (Å²) in [5.74, 6) is -1.26. The molecule has 2 N–H and O–H groups in total. The van der Waals surface area contributed by atoms with Crippen molar-refractivity contribution < 1.29 is 18.3 Å². The van der Waals surface area contributed by atoms with Crippen molar-refractivity contribution in [2.45, 2.75) is 17.4 Å². The molecule has 0 bridgehead atoms. The Balaban J connectivity index is 3.13. The van der Waals surface area contributed by atoms with Gasteiger partial charge in [-0.25, -0.2) is 8.42 Å². The first-order valence-electron chi connectivity index (χ1n) is 5.09. The molecule has 1 aromatic carbocycles. The van der Waals surface area contributed by atoms with Crippen LogP contribution in [0.1, 0.15) is 6.42 Å². The first-order valence-corrected chi connectivity index (χ1v) is 8.16. The molecule has 0 saturated carbocycles. The first-order chi connectivity index (χ1) is 8.77. The van der Waals surface area contributed by atoms with Gasteiger partial charge in [-0.1, -0.05) is 22.0 Å². The minimum absolute atomic E-state index is 0.000184. The van der Waals surface area contributed by atoms with Crippen LogP contribution in [0.25, 0.3) is 0 Å². The Labute approximate surface area is 128 Å². The molecule has 0 aromatic heterocycles. The highest BCUT2D eigenvalue weighted by Gasteiger charge is 2.26. The molecule has 0 aliphatic rings. The third kappa shape index (κ3) is 4.41. The zero-order chi connectivity index (χ0) is 14.6. The van der Waals surface area contributed by atoms with Gasteiger partial charge in [0.15, 0.2) is 0 Å². The van der Waals surface area contributed by atoms with Crippen molar-refractivity contribution in [1.29, 1.82) is 0 Å². The molecule has 1 atom stereocenters. The third-order valence-corrected chi connectivity index (χ3v) is 5.14. The summed E-state index contributed by atoms with van der Waals surface area (Å²) in [7, 11) is -3.94. The lowest BCUT2D eigenvalue weighted by molar-refractivity contribution is -0.138. The summed E-state index contributed by atoms with van der Waals surface area (Å²) in [6, 6.07) is 3.37. The molecular weight excluding hydrogens is 402 g/mol. The molecule has 0 aliphatic heterocycles. The summed E-state index contributed by atoms with van der Waals surface area (Å²) in [6.45, 7) is 3.40. The highest BCUT2D eigenvalue weighted by Crippen LogP contribution is 2.25. The van der Waals surface area contributed by atoms with Crippen molar-refractivity contribution in [3.05, 3.63) is 39.8 Å². The third-order valence-electron chi connectivity index (χ3n) is 2.18. The van der Waals surface area contributed by atoms with Crippen LogP contribution in [0.3, 0.4) is 0 Å². The Kier molecular flexibility index (Phi) is 5.72. The van der Waals surface area contributed by atoms with E-state index >= 15 is 0 Å². The number of aliphatic carboxylic acids is 1. The summed E-state index contributed by atoms with van der Waals surface area (Å²) in [5.41, 5.74) is 0. The zero-order valence-corrected chi connectivity index (χ0v) is 13.6. The average molecular weight is 413 g/mol. The maximum absolute atomic E-state index is 12.1. The molecule has 0 aliphatic carbocycles. The maximum atomic E-state index is 12.1. The van der Waals surface area contributed by atoms with Crippen LogP contribution >= 0.6 is 31.9 Å². The SMILES string of the molecule is C=CCC(NS(=O)(=O)c1cc(Br)ccc1Br)C(=O)O. The molecule has 8 heteroatoms. The van der Waals surface area contributed by atoms with Crippen molar-refractivity contribution in [2.75, 3.05) is 0 Å². The van der Waals surface area contributed by atoms with E-state index in [4.69, 9.17) is 5.11 Å². The van der Waals surface area contributed by atoms with E-state index in [0.717, 1.165) is 0 Å². The van der Waals surface area contributed by atoms with E-state index < -0.39 is 22.0 Å². The molecule has 1 unspecified atom stereocenters. The number of hydrogen-bond acceptors (Lipinski definition) is 3. The van der Waals surface area contributed by atoms with Crippen molar-refractivity contribution in [3.63, 3.8) is 0 Å². The second kappa shape index (κ2) is 6.65. The van der Waals surface area contributed by atoms with Gasteiger partial charge in [0, 0.05) is 8.95 Å². The largest absolute Gasteiger partial charge is 0.480 e. The van der Waals surface area contributed by atoms with Crippen LogP contribution < -0.4 is 4.72 Å². The smallest absolute Gasteiger partial charge is 0.322 e. The number of carboxylic acids is 1. The van der Waals surface area contributed by atoms with Crippen LogP contribution in [0, 0.1) is 0 Å². The lowest BCUT2D eigenvalue weighted by Gasteiger charge is -2.14. The molecule has 104 valence electrons. The summed E-state index contributed by atoms with van der Waals surface area (Å²) < 4.78 is 27.3. The molecule has 5 nitrogen and oxygen atoms in total. The van der Waals surface area contributed by atoms with E-state index in [2.05, 4.69) is 43.2 Å². The van der Waals surface area contributed by atoms with Gasteiger partial charge in [-0.2, -0.15) is 4.72 Å². The lowest BCUT2D eigenvalue weighted by atomic mass is 10.2. The van der Waals surface area contributed by atoms with Crippen LogP contribution in [0.2, 0.25) is 0 Å². The normalized spacial score (nSPS) is 12.9. The predicted octanol–water partition coefficient (Wildman–Crippen LogP) is 2.52. The molecule has 0 spiro atoms. The van der Waals surface area contributed by atoms with E-state index in [1.807, 2.05) is 0 Å². The van der Waals surface area contributed by atoms with Crippen molar-refractivity contribution in [3.8, 4) is 0 Å². The number of carboxylic acid groups (broad SMARTS) is 1. The molecular formula is C11H11Br2NO4S. The Morgan fingerprint density at radius 1 is 1.47 bits per heavy atom. The zero-order valence-electron chi connectivity index (χ0n) is 9.64. The van der Waals surface area contributed by atoms with E-state index in [9.17, 15) is 13.2 Å². The molecule has 1 rings (SSSR count). The fraction of sp³-hybridized carbons (Fsp3) is 0.182. The number of benzene rings is 1. The van der Waals surface area contributed by atoms with Crippen molar-refractivity contribution >= 4 is 47.9 Å². The quantitative estimate of drug-likeness (QED) is 0.703. The van der Waals surface area contributed by atoms with Crippen LogP contribution in [0.5, 0.6) is 0 Å². The van der Waals surface area contributed by atoms with Gasteiger partial charge >= 0.3 is 5.97 Å². The number of hydrogen-bond donors (Lipinski definition) is 2. The lowest BCUT2D eigenvalue weighted by Crippen LogP contribution is -2.40. The minimum atomic E-state index is -3.94. The van der Waals surface area contributed by atoms with Crippen molar-refractivity contribution in [1.82, 2.24) is 4.72 Å². The summed E-state index contributed by atoms with van der Waals surface area (Å²) in [5, 5.41) is 8.94. The van der Waals surface area contributed by atoms with Gasteiger partial charge < -0.3 is 5.11 Å². The van der Waals surface area contributed by atoms with E-state index in [1.165, 1.54) is 12.1 Å². The fourth-order valence-electron chi connectivity index (χ4n) is 1.30. The highest BCUT2D eigenvalue weighted by atomic mass is 79.9. The van der Waals surface area contributed by atoms with Gasteiger partial charge in [0.2, 0.25) is 10.0 Å². The number of nitrogens with one attached hydrogen (secondary N) is 1. The van der Waals surface area contributed by atoms with Crippen LogP contribution in [0.4, 0.5) is 0 Å². The monoisotopic (exact) mass is 411 g/mol. The standard InChI is InChI=1S/C11H11Br2NO4S/c1-2-3-9(11(15)16)14-19(17,18)10-6-7(12)4-5-8(10)13/h2,4-6,9,14H,1,3H2,(H,15,16). The molecule has 0 saturated heterocycles. The maximum Gasteiger partial charge on any atom is 0.322 e. The summed E-state index contributed by atoms with van der Waals surface area (Å²) in [4.78, 5) is 10.9. The molecule has 0 heterocycles. The summed E-state index contributed by atoms with van der Waals surface area (Å²) in [6.07, 6.45) is 1.34. The number of rotatable bonds is 6. The molecule has 19 heavy (non-hydrogen) atoms. The predicted molar refractivity (Wildman–Crippen MR) is 78.4 cm³/mol. The number of halogens is 2. The topological polar surface area (TPSA) is 83.5 Å². The van der Waals surface area contributed by atoms with Crippen LogP contribution in [-0.4, -0.2) is 25.5 Å². The Bertz CT molecular complexity index is 601. The first kappa shape index (κ1) is 16.4. The van der Waals surface area contributed by atoms with Crippen molar-refractivity contribution in [2.24, 2.45) is 0 Å². The van der Waals surface area contributed by atoms with Gasteiger partial charge in [0.05, 0.1) is 4.90 Å². The van der Waals surface area contributed by atoms with Gasteiger partial charge in [0.25, 0.3) is 0 Å². The number of carbonyl (C=O) groups is 1. The highest BCUT2D eigenvalue weighted by molar-refractivity contribution is 9.11. The molecule has 0 radical (unpaired) electrons. The van der Waals surface area contributed by atoms with E-state index in [0.29, 0.717) is 8.95 Å². The Hall–Kier alpha value is -0.700. The fourth-order valence-corrected chi connectivity index (χ4v) is 4.00. The van der Waals surface area contributed by atoms with E-state index in [1.54, 1.807) is 12.1 Å². The van der Waals surface area contributed by atoms with Gasteiger partial charge in [-0.15, -0.1) is 6.58 Å². The van der Waals surface area contributed by atoms with Gasteiger partial charge in [-0.05, 0) is 40.5 Å². The van der Waals surface area contributed by atoms with Gasteiger partial charge in [0.1, 0.15) is 6.04 Å². The Morgan fingerprint density at radius 3 is 2.63 bits per heavy atom. The number of sulfonamides is 1. The second-order valence-electron chi connectivity index (χ2n) is 3.61.